The number of fused-ring (bicyclic) bond motifs is 2. The van der Waals surface area contributed by atoms with Crippen molar-refractivity contribution in [2.75, 3.05) is 32.3 Å². The molecule has 47 heavy (non-hydrogen) atoms. The van der Waals surface area contributed by atoms with E-state index < -0.39 is 32.2 Å². The van der Waals surface area contributed by atoms with Gasteiger partial charge in [0, 0.05) is 19.5 Å². The van der Waals surface area contributed by atoms with Crippen molar-refractivity contribution in [3.05, 3.63) is 54.5 Å². The van der Waals surface area contributed by atoms with Crippen LogP contribution in [-0.4, -0.2) is 67.2 Å². The van der Waals surface area contributed by atoms with Gasteiger partial charge in [-0.3, -0.25) is 13.9 Å². The fourth-order valence-corrected chi connectivity index (χ4v) is 7.41. The Morgan fingerprint density at radius 2 is 1.96 bits per heavy atom. The number of rotatable bonds is 16. The Bertz CT molecular complexity index is 1590. The van der Waals surface area contributed by atoms with Crippen molar-refractivity contribution in [1.29, 1.82) is 0 Å². The van der Waals surface area contributed by atoms with Crippen LogP contribution in [0.2, 0.25) is 0 Å². The highest BCUT2D eigenvalue weighted by atomic mass is 31.2. The molecule has 3 aromatic rings. The third kappa shape index (κ3) is 8.33. The van der Waals surface area contributed by atoms with Crippen molar-refractivity contribution in [2.24, 2.45) is 16.6 Å². The van der Waals surface area contributed by atoms with Crippen LogP contribution in [-0.2, 0) is 28.1 Å². The highest BCUT2D eigenvalue weighted by Gasteiger charge is 2.39. The topological polar surface area (TPSA) is 152 Å². The summed E-state index contributed by atoms with van der Waals surface area (Å²) >= 11 is 0. The van der Waals surface area contributed by atoms with Gasteiger partial charge in [0.15, 0.2) is 5.84 Å². The molecule has 14 heteroatoms. The number of hydrogen-bond donors (Lipinski definition) is 2. The number of imidazole rings is 1. The van der Waals surface area contributed by atoms with Crippen LogP contribution in [0.1, 0.15) is 71.2 Å². The SMILES string of the molecule is CCCCCOC(=O)[C@H](CC(C)C)NP(=O)(OC[C@@H]1CC[C@H](n2cnc3c2N(C)C(OC)N=C3N)O1)Oc1cccc2ccccc12. The number of esters is 1. The van der Waals surface area contributed by atoms with E-state index in [9.17, 15) is 9.36 Å². The van der Waals surface area contributed by atoms with Gasteiger partial charge in [0.1, 0.15) is 29.5 Å². The molecule has 1 aromatic heterocycles. The van der Waals surface area contributed by atoms with Crippen molar-refractivity contribution in [3.8, 4) is 5.75 Å². The van der Waals surface area contributed by atoms with Crippen LogP contribution in [0, 0.1) is 5.92 Å². The molecule has 0 radical (unpaired) electrons. The maximum Gasteiger partial charge on any atom is 0.459 e. The van der Waals surface area contributed by atoms with E-state index in [4.69, 9.17) is 29.0 Å². The second kappa shape index (κ2) is 15.6. The second-order valence-corrected chi connectivity index (χ2v) is 14.0. The summed E-state index contributed by atoms with van der Waals surface area (Å²) in [5.74, 6) is 1.03. The molecule has 0 amide bonds. The summed E-state index contributed by atoms with van der Waals surface area (Å²) in [6.07, 6.45) is 4.70. The van der Waals surface area contributed by atoms with E-state index in [0.29, 0.717) is 43.1 Å². The number of nitrogens with one attached hydrogen (secondary N) is 1. The number of aliphatic imine (C=N–C) groups is 1. The number of ether oxygens (including phenoxy) is 3. The number of carbonyl (C=O) groups is 1. The second-order valence-electron chi connectivity index (χ2n) is 12.3. The molecule has 3 N–H and O–H groups in total. The molecule has 0 bridgehead atoms. The Morgan fingerprint density at radius 1 is 1.17 bits per heavy atom. The lowest BCUT2D eigenvalue weighted by atomic mass is 10.1. The van der Waals surface area contributed by atoms with Gasteiger partial charge in [-0.05, 0) is 43.1 Å². The molecule has 5 rings (SSSR count). The first-order chi connectivity index (χ1) is 22.6. The van der Waals surface area contributed by atoms with Gasteiger partial charge in [0.05, 0.1) is 25.6 Å². The van der Waals surface area contributed by atoms with Crippen LogP contribution in [0.5, 0.6) is 5.75 Å². The number of unbranched alkanes of at least 4 members (excludes halogenated alkanes) is 2. The molecular weight excluding hydrogens is 623 g/mol. The maximum absolute atomic E-state index is 14.6. The van der Waals surface area contributed by atoms with Crippen molar-refractivity contribution >= 4 is 36.1 Å². The van der Waals surface area contributed by atoms with E-state index in [0.717, 1.165) is 35.9 Å². The quantitative estimate of drug-likeness (QED) is 0.109. The summed E-state index contributed by atoms with van der Waals surface area (Å²) in [4.78, 5) is 23.9. The van der Waals surface area contributed by atoms with Crippen molar-refractivity contribution in [3.63, 3.8) is 0 Å². The molecule has 256 valence electrons. The number of anilines is 1. The van der Waals surface area contributed by atoms with Crippen LogP contribution >= 0.6 is 7.75 Å². The molecule has 2 aliphatic rings. The Hall–Kier alpha value is -3.48. The normalized spacial score (nSPS) is 21.4. The molecule has 0 saturated carbocycles. The maximum atomic E-state index is 14.6. The largest absolute Gasteiger partial charge is 0.465 e. The number of nitrogens with two attached hydrogens (primary N) is 1. The highest BCUT2D eigenvalue weighted by Crippen LogP contribution is 2.48. The summed E-state index contributed by atoms with van der Waals surface area (Å²) in [5.41, 5.74) is 6.72. The number of nitrogens with zero attached hydrogens (tertiary/aromatic N) is 4. The van der Waals surface area contributed by atoms with E-state index in [-0.39, 0.29) is 18.8 Å². The fraction of sp³-hybridized carbons (Fsp3) is 0.545. The van der Waals surface area contributed by atoms with Gasteiger partial charge < -0.3 is 29.4 Å². The highest BCUT2D eigenvalue weighted by molar-refractivity contribution is 7.52. The van der Waals surface area contributed by atoms with E-state index >= 15 is 0 Å². The van der Waals surface area contributed by atoms with Gasteiger partial charge in [0.25, 0.3) is 0 Å². The smallest absolute Gasteiger partial charge is 0.459 e. The molecule has 2 unspecified atom stereocenters. The molecule has 5 atom stereocenters. The van der Waals surface area contributed by atoms with E-state index in [1.807, 2.05) is 66.8 Å². The van der Waals surface area contributed by atoms with Gasteiger partial charge in [-0.25, -0.2) is 14.5 Å². The lowest BCUT2D eigenvalue weighted by Gasteiger charge is -2.31. The zero-order valence-corrected chi connectivity index (χ0v) is 28.7. The van der Waals surface area contributed by atoms with Crippen molar-refractivity contribution in [2.45, 2.75) is 84.0 Å². The van der Waals surface area contributed by atoms with Gasteiger partial charge in [-0.2, -0.15) is 5.09 Å². The average Bonchev–Trinajstić information content (AvgIpc) is 3.72. The van der Waals surface area contributed by atoms with Crippen LogP contribution in [0.3, 0.4) is 0 Å². The first kappa shape index (κ1) is 34.8. The van der Waals surface area contributed by atoms with Gasteiger partial charge in [0.2, 0.25) is 6.35 Å². The minimum absolute atomic E-state index is 0.0392. The van der Waals surface area contributed by atoms with Gasteiger partial charge >= 0.3 is 13.7 Å². The van der Waals surface area contributed by atoms with Gasteiger partial charge in [-0.15, -0.1) is 0 Å². The first-order valence-corrected chi connectivity index (χ1v) is 17.8. The number of hydrogen-bond acceptors (Lipinski definition) is 11. The number of methoxy groups -OCH3 is 1. The minimum Gasteiger partial charge on any atom is -0.465 e. The lowest BCUT2D eigenvalue weighted by molar-refractivity contribution is -0.146. The van der Waals surface area contributed by atoms with E-state index in [1.165, 1.54) is 0 Å². The van der Waals surface area contributed by atoms with Gasteiger partial charge in [-0.1, -0.05) is 70.0 Å². The molecule has 13 nitrogen and oxygen atoms in total. The van der Waals surface area contributed by atoms with E-state index in [2.05, 4.69) is 22.0 Å². The molecule has 2 aliphatic heterocycles. The predicted octanol–water partition coefficient (Wildman–Crippen LogP) is 5.74. The molecular formula is C33H47N6O7P. The molecule has 0 spiro atoms. The number of aromatic nitrogens is 2. The van der Waals surface area contributed by atoms with E-state index in [1.54, 1.807) is 19.5 Å². The Morgan fingerprint density at radius 3 is 2.72 bits per heavy atom. The standard InChI is InChI=1S/C33H47N6O7P/c1-6-7-10-18-43-32(40)26(19-22(2)3)37-47(41,46-27-15-11-13-23-12-8-9-14-25(23)27)44-20-24-16-17-28(45-24)39-21-35-29-30(34)36-33(42-5)38(4)31(29)39/h8-9,11-15,21-22,24,26,28,33H,6-7,10,16-20H2,1-5H3,(H2,34,36)(H,37,41)/t24-,26-,28+,33?,47?/m0/s1. The van der Waals surface area contributed by atoms with Crippen LogP contribution in [0.25, 0.3) is 10.8 Å². The molecule has 1 saturated heterocycles. The van der Waals surface area contributed by atoms with Crippen LogP contribution in [0.4, 0.5) is 5.82 Å². The summed E-state index contributed by atoms with van der Waals surface area (Å²) in [7, 11) is -0.729. The number of benzene rings is 2. The monoisotopic (exact) mass is 670 g/mol. The predicted molar refractivity (Wildman–Crippen MR) is 180 cm³/mol. The summed E-state index contributed by atoms with van der Waals surface area (Å²) in [6.45, 7) is 6.32. The third-order valence-electron chi connectivity index (χ3n) is 8.23. The summed E-state index contributed by atoms with van der Waals surface area (Å²) < 4.78 is 46.3. The number of carbonyl (C=O) groups excluding carboxylic acids is 1. The van der Waals surface area contributed by atoms with Crippen molar-refractivity contribution in [1.82, 2.24) is 14.6 Å². The average molecular weight is 671 g/mol. The number of amidine groups is 1. The summed E-state index contributed by atoms with van der Waals surface area (Å²) in [5, 5.41) is 4.65. The fourth-order valence-electron chi connectivity index (χ4n) is 5.86. The molecule has 2 aromatic carbocycles. The Balaban J connectivity index is 1.34. The zero-order chi connectivity index (χ0) is 33.6. The first-order valence-electron chi connectivity index (χ1n) is 16.3. The minimum atomic E-state index is -4.15. The lowest BCUT2D eigenvalue weighted by Crippen LogP contribution is -2.40. The van der Waals surface area contributed by atoms with Crippen LogP contribution < -0.4 is 20.2 Å². The van der Waals surface area contributed by atoms with Crippen molar-refractivity contribution < 1.29 is 32.6 Å². The molecule has 1 fully saturated rings. The molecule has 0 aliphatic carbocycles. The Kier molecular flexibility index (Phi) is 11.6. The molecule has 3 heterocycles. The zero-order valence-electron chi connectivity index (χ0n) is 27.8. The summed E-state index contributed by atoms with van der Waals surface area (Å²) in [6, 6.07) is 12.3. The Labute approximate surface area is 276 Å². The third-order valence-corrected chi connectivity index (χ3v) is 9.78. The van der Waals surface area contributed by atoms with Crippen LogP contribution in [0.15, 0.2) is 53.8 Å².